The Balaban J connectivity index is 3.16. The van der Waals surface area contributed by atoms with Crippen molar-refractivity contribution in [3.63, 3.8) is 0 Å². The van der Waals surface area contributed by atoms with Gasteiger partial charge in [0.2, 0.25) is 0 Å². The molecule has 0 aliphatic carbocycles. The number of nitriles is 1. The molecule has 1 aromatic heterocycles. The van der Waals surface area contributed by atoms with Crippen LogP contribution < -0.4 is 4.90 Å². The monoisotopic (exact) mass is 277 g/mol. The molecule has 1 N–H and O–H groups in total. The van der Waals surface area contributed by atoms with Crippen LogP contribution in [0.15, 0.2) is 18.3 Å². The molecule has 0 bridgehead atoms. The molecule has 1 rings (SSSR count). The molecule has 0 saturated heterocycles. The van der Waals surface area contributed by atoms with E-state index in [4.69, 9.17) is 15.1 Å². The van der Waals surface area contributed by atoms with E-state index in [9.17, 15) is 9.59 Å². The first kappa shape index (κ1) is 15.4. The Hall–Kier alpha value is -2.62. The number of carboxylic acid groups (broad SMARTS) is 1. The molecule has 20 heavy (non-hydrogen) atoms. The van der Waals surface area contributed by atoms with Crippen molar-refractivity contribution in [2.75, 3.05) is 11.4 Å². The van der Waals surface area contributed by atoms with E-state index in [1.165, 1.54) is 18.3 Å². The number of pyridine rings is 1. The SMILES string of the molecule is CC(C)(C)OC(=O)N(CC(=O)O)c1ncccc1C#N. The number of nitrogens with zero attached hydrogens (tertiary/aromatic N) is 3. The van der Waals surface area contributed by atoms with E-state index in [0.29, 0.717) is 0 Å². The fourth-order valence-corrected chi connectivity index (χ4v) is 1.38. The summed E-state index contributed by atoms with van der Waals surface area (Å²) in [7, 11) is 0. The minimum atomic E-state index is -1.23. The number of anilines is 1. The van der Waals surface area contributed by atoms with Gasteiger partial charge in [0.15, 0.2) is 5.82 Å². The largest absolute Gasteiger partial charge is 0.480 e. The Bertz CT molecular complexity index is 557. The van der Waals surface area contributed by atoms with E-state index < -0.39 is 24.2 Å². The molecule has 106 valence electrons. The molecule has 0 saturated carbocycles. The van der Waals surface area contributed by atoms with Gasteiger partial charge in [-0.3, -0.25) is 4.79 Å². The summed E-state index contributed by atoms with van der Waals surface area (Å²) in [5, 5.41) is 17.9. The molecule has 0 aliphatic rings. The number of rotatable bonds is 3. The maximum absolute atomic E-state index is 12.1. The van der Waals surface area contributed by atoms with Gasteiger partial charge in [0.25, 0.3) is 0 Å². The van der Waals surface area contributed by atoms with Gasteiger partial charge >= 0.3 is 12.1 Å². The van der Waals surface area contributed by atoms with Crippen LogP contribution >= 0.6 is 0 Å². The third-order valence-electron chi connectivity index (χ3n) is 2.07. The minimum absolute atomic E-state index is 0.0355. The van der Waals surface area contributed by atoms with Gasteiger partial charge in [-0.15, -0.1) is 0 Å². The molecule has 1 aromatic rings. The van der Waals surface area contributed by atoms with Crippen LogP contribution in [0.3, 0.4) is 0 Å². The Morgan fingerprint density at radius 3 is 2.65 bits per heavy atom. The van der Waals surface area contributed by atoms with Crippen LogP contribution in [0, 0.1) is 11.3 Å². The van der Waals surface area contributed by atoms with Gasteiger partial charge in [-0.25, -0.2) is 14.7 Å². The molecule has 7 nitrogen and oxygen atoms in total. The van der Waals surface area contributed by atoms with Crippen LogP contribution in [0.25, 0.3) is 0 Å². The van der Waals surface area contributed by atoms with Crippen LogP contribution in [0.1, 0.15) is 26.3 Å². The highest BCUT2D eigenvalue weighted by molar-refractivity contribution is 5.93. The Morgan fingerprint density at radius 2 is 2.15 bits per heavy atom. The normalized spacial score (nSPS) is 10.5. The fraction of sp³-hybridized carbons (Fsp3) is 0.385. The van der Waals surface area contributed by atoms with Crippen LogP contribution in [0.2, 0.25) is 0 Å². The zero-order chi connectivity index (χ0) is 15.3. The van der Waals surface area contributed by atoms with Crippen LogP contribution in [-0.2, 0) is 9.53 Å². The maximum Gasteiger partial charge on any atom is 0.416 e. The summed E-state index contributed by atoms with van der Waals surface area (Å²) in [6.45, 7) is 4.34. The van der Waals surface area contributed by atoms with Gasteiger partial charge in [0.1, 0.15) is 18.2 Å². The Morgan fingerprint density at radius 1 is 1.50 bits per heavy atom. The molecular formula is C13H15N3O4. The predicted molar refractivity (Wildman–Crippen MR) is 70.2 cm³/mol. The van der Waals surface area contributed by atoms with Crippen molar-refractivity contribution in [1.82, 2.24) is 4.98 Å². The number of aliphatic carboxylic acids is 1. The molecule has 0 aromatic carbocycles. The number of carbonyl (C=O) groups is 2. The first-order chi connectivity index (χ1) is 9.24. The average molecular weight is 277 g/mol. The molecule has 1 amide bonds. The smallest absolute Gasteiger partial charge is 0.416 e. The van der Waals surface area contributed by atoms with Crippen molar-refractivity contribution >= 4 is 17.9 Å². The summed E-state index contributed by atoms with van der Waals surface area (Å²) < 4.78 is 5.13. The second-order valence-corrected chi connectivity index (χ2v) is 4.95. The molecule has 0 radical (unpaired) electrons. The molecule has 0 fully saturated rings. The fourth-order valence-electron chi connectivity index (χ4n) is 1.38. The van der Waals surface area contributed by atoms with Gasteiger partial charge in [0, 0.05) is 6.20 Å². The Labute approximate surface area is 116 Å². The highest BCUT2D eigenvalue weighted by Crippen LogP contribution is 2.19. The van der Waals surface area contributed by atoms with Crippen LogP contribution in [0.5, 0.6) is 0 Å². The van der Waals surface area contributed by atoms with E-state index in [1.807, 2.05) is 6.07 Å². The summed E-state index contributed by atoms with van der Waals surface area (Å²) in [5.74, 6) is -1.27. The van der Waals surface area contributed by atoms with Crippen molar-refractivity contribution in [3.05, 3.63) is 23.9 Å². The topological polar surface area (TPSA) is 104 Å². The number of aromatic nitrogens is 1. The van der Waals surface area contributed by atoms with E-state index in [0.717, 1.165) is 4.90 Å². The summed E-state index contributed by atoms with van der Waals surface area (Å²) in [6.07, 6.45) is 0.505. The van der Waals surface area contributed by atoms with Gasteiger partial charge in [-0.1, -0.05) is 0 Å². The summed E-state index contributed by atoms with van der Waals surface area (Å²) in [4.78, 5) is 27.7. The number of carbonyl (C=O) groups excluding carboxylic acids is 1. The third kappa shape index (κ3) is 4.24. The van der Waals surface area contributed by atoms with Crippen molar-refractivity contribution < 1.29 is 19.4 Å². The van der Waals surface area contributed by atoms with E-state index >= 15 is 0 Å². The van der Waals surface area contributed by atoms with Crippen molar-refractivity contribution in [2.45, 2.75) is 26.4 Å². The standard InChI is InChI=1S/C13H15N3O4/c1-13(2,3)20-12(19)16(8-10(17)18)11-9(7-14)5-4-6-15-11/h4-6H,8H2,1-3H3,(H,17,18). The molecule has 7 heteroatoms. The van der Waals surface area contributed by atoms with Gasteiger partial charge in [-0.05, 0) is 32.9 Å². The number of hydrogen-bond acceptors (Lipinski definition) is 5. The van der Waals surface area contributed by atoms with Gasteiger partial charge < -0.3 is 9.84 Å². The van der Waals surface area contributed by atoms with E-state index in [-0.39, 0.29) is 11.4 Å². The molecule has 0 unspecified atom stereocenters. The lowest BCUT2D eigenvalue weighted by Crippen LogP contribution is -2.40. The lowest BCUT2D eigenvalue weighted by molar-refractivity contribution is -0.135. The Kier molecular flexibility index (Phi) is 4.64. The van der Waals surface area contributed by atoms with Crippen molar-refractivity contribution in [1.29, 1.82) is 5.26 Å². The number of carboxylic acids is 1. The molecule has 0 atom stereocenters. The zero-order valence-electron chi connectivity index (χ0n) is 11.5. The van der Waals surface area contributed by atoms with Crippen LogP contribution in [0.4, 0.5) is 10.6 Å². The molecular weight excluding hydrogens is 262 g/mol. The lowest BCUT2D eigenvalue weighted by Gasteiger charge is -2.26. The second-order valence-electron chi connectivity index (χ2n) is 4.95. The number of amides is 1. The molecule has 1 heterocycles. The van der Waals surface area contributed by atoms with Gasteiger partial charge in [-0.2, -0.15) is 5.26 Å². The first-order valence-corrected chi connectivity index (χ1v) is 5.82. The second kappa shape index (κ2) is 6.02. The average Bonchev–Trinajstić information content (AvgIpc) is 2.33. The zero-order valence-corrected chi connectivity index (χ0v) is 11.5. The van der Waals surface area contributed by atoms with Crippen LogP contribution in [-0.4, -0.2) is 34.3 Å². The predicted octanol–water partition coefficient (Wildman–Crippen LogP) is 1.78. The molecule has 0 spiro atoms. The molecule has 0 aliphatic heterocycles. The van der Waals surface area contributed by atoms with Gasteiger partial charge in [0.05, 0.1) is 5.56 Å². The summed E-state index contributed by atoms with van der Waals surface area (Å²) in [5.41, 5.74) is -0.685. The quantitative estimate of drug-likeness (QED) is 0.903. The van der Waals surface area contributed by atoms with Crippen molar-refractivity contribution in [3.8, 4) is 6.07 Å². The maximum atomic E-state index is 12.1. The number of ether oxygens (including phenoxy) is 1. The van der Waals surface area contributed by atoms with E-state index in [2.05, 4.69) is 4.98 Å². The summed E-state index contributed by atoms with van der Waals surface area (Å²) >= 11 is 0. The highest BCUT2D eigenvalue weighted by Gasteiger charge is 2.27. The van der Waals surface area contributed by atoms with E-state index in [1.54, 1.807) is 20.8 Å². The third-order valence-corrected chi connectivity index (χ3v) is 2.07. The highest BCUT2D eigenvalue weighted by atomic mass is 16.6. The minimum Gasteiger partial charge on any atom is -0.480 e. The first-order valence-electron chi connectivity index (χ1n) is 5.82. The lowest BCUT2D eigenvalue weighted by atomic mass is 10.2. The summed E-state index contributed by atoms with van der Waals surface area (Å²) in [6, 6.07) is 4.83. The van der Waals surface area contributed by atoms with Crippen molar-refractivity contribution in [2.24, 2.45) is 0 Å². The number of hydrogen-bond donors (Lipinski definition) is 1.